The molecule has 0 saturated heterocycles. The van der Waals surface area contributed by atoms with Gasteiger partial charge in [0, 0.05) is 39.9 Å². The molecule has 0 amide bonds. The third-order valence-corrected chi connectivity index (χ3v) is 8.84. The topological polar surface area (TPSA) is 74.8 Å². The van der Waals surface area contributed by atoms with Crippen LogP contribution in [0.25, 0.3) is 39.2 Å². The lowest BCUT2D eigenvalue weighted by molar-refractivity contribution is 0.598. The zero-order valence-electron chi connectivity index (χ0n) is 18.6. The smallest absolute Gasteiger partial charge is 0.207 e. The number of allylic oxidation sites excluding steroid dienone is 2. The Kier molecular flexibility index (Phi) is 4.29. The Morgan fingerprint density at radius 3 is 2.43 bits per heavy atom. The monoisotopic (exact) mass is 475 g/mol. The highest BCUT2D eigenvalue weighted by Gasteiger charge is 2.34. The molecule has 3 aliphatic rings. The third kappa shape index (κ3) is 3.00. The molecule has 0 unspecified atom stereocenters. The van der Waals surface area contributed by atoms with Crippen LogP contribution in [-0.4, -0.2) is 24.4 Å². The van der Waals surface area contributed by atoms with Gasteiger partial charge < -0.3 is 10.3 Å². The molecule has 7 rings (SSSR count). The van der Waals surface area contributed by atoms with Crippen LogP contribution >= 0.6 is 0 Å². The fourth-order valence-corrected chi connectivity index (χ4v) is 6.94. The summed E-state index contributed by atoms with van der Waals surface area (Å²) >= 11 is 0. The van der Waals surface area contributed by atoms with Gasteiger partial charge in [0.05, 0.1) is 27.2 Å². The van der Waals surface area contributed by atoms with Gasteiger partial charge in [0.15, 0.2) is 0 Å². The predicted molar refractivity (Wildman–Crippen MR) is 137 cm³/mol. The third-order valence-electron chi connectivity index (χ3n) is 6.97. The maximum atomic E-state index is 13.1. The van der Waals surface area contributed by atoms with Crippen molar-refractivity contribution in [3.63, 3.8) is 0 Å². The second-order valence-corrected chi connectivity index (χ2v) is 10.9. The molecule has 2 atom stereocenters. The highest BCUT2D eigenvalue weighted by molar-refractivity contribution is 7.92. The van der Waals surface area contributed by atoms with E-state index in [1.807, 2.05) is 48.7 Å². The first kappa shape index (κ1) is 20.2. The summed E-state index contributed by atoms with van der Waals surface area (Å²) in [6, 6.07) is 23.1. The van der Waals surface area contributed by atoms with Gasteiger partial charge in [0.2, 0.25) is 9.84 Å². The second-order valence-electron chi connectivity index (χ2n) is 8.97. The van der Waals surface area contributed by atoms with E-state index in [1.54, 1.807) is 18.2 Å². The molecule has 2 aliphatic heterocycles. The van der Waals surface area contributed by atoms with E-state index in [1.165, 1.54) is 0 Å². The highest BCUT2D eigenvalue weighted by Crippen LogP contribution is 2.45. The van der Waals surface area contributed by atoms with Crippen molar-refractivity contribution in [3.05, 3.63) is 109 Å². The maximum Gasteiger partial charge on any atom is 0.207 e. The largest absolute Gasteiger partial charge is 0.383 e. The minimum Gasteiger partial charge on any atom is -0.383 e. The van der Waals surface area contributed by atoms with E-state index in [-0.39, 0.29) is 12.0 Å². The fourth-order valence-electron chi connectivity index (χ4n) is 5.27. The molecule has 35 heavy (non-hydrogen) atoms. The molecule has 0 radical (unpaired) electrons. The highest BCUT2D eigenvalue weighted by atomic mass is 32.2. The molecule has 0 fully saturated rings. The first-order chi connectivity index (χ1) is 17.1. The number of fused-ring (bicyclic) bond motifs is 4. The van der Waals surface area contributed by atoms with Crippen LogP contribution in [0.15, 0.2) is 113 Å². The fraction of sp³-hybridized carbons (Fsp3) is 0.0690. The molecule has 2 N–H and O–H groups in total. The number of aromatic amines is 1. The van der Waals surface area contributed by atoms with Crippen molar-refractivity contribution in [1.29, 1.82) is 0 Å². The van der Waals surface area contributed by atoms with Crippen molar-refractivity contribution in [1.82, 2.24) is 15.3 Å². The van der Waals surface area contributed by atoms with Crippen molar-refractivity contribution in [3.8, 4) is 33.6 Å². The van der Waals surface area contributed by atoms with Crippen LogP contribution in [-0.2, 0) is 9.84 Å². The normalized spacial score (nSPS) is 20.6. The Hall–Kier alpha value is -4.16. The molecule has 170 valence electrons. The van der Waals surface area contributed by atoms with Crippen LogP contribution in [0.4, 0.5) is 0 Å². The summed E-state index contributed by atoms with van der Waals surface area (Å²) in [5.41, 5.74) is 6.18. The quantitative estimate of drug-likeness (QED) is 0.356. The molecule has 1 aliphatic carbocycles. The molecular formula is C29H21N3O2S. The number of H-pyrrole nitrogens is 1. The van der Waals surface area contributed by atoms with E-state index in [2.05, 4.69) is 46.7 Å². The van der Waals surface area contributed by atoms with Gasteiger partial charge in [0.1, 0.15) is 5.82 Å². The van der Waals surface area contributed by atoms with Crippen molar-refractivity contribution in [2.45, 2.75) is 15.8 Å². The van der Waals surface area contributed by atoms with E-state index in [0.717, 1.165) is 45.0 Å². The SMILES string of the molecule is O=S1(=O)c2ccccc2-c2cc(-c3nc(C4=CN[C@H]5C=CC=C[C@H]45)[nH]c3-c3ccccc3)ccc21. The van der Waals surface area contributed by atoms with E-state index >= 15 is 0 Å². The molecule has 3 heterocycles. The standard InChI is InChI=1S/C29H21N3O2S/c33-35(34)25-13-7-5-11-21(25)22-16-19(14-15-26(22)35)28-27(18-8-2-1-3-9-18)31-29(32-28)23-17-30-24-12-6-4-10-20(23)24/h1-17,20,24,30H,(H,31,32)/t20-,24+/m1/s1. The van der Waals surface area contributed by atoms with E-state index in [9.17, 15) is 8.42 Å². The average molecular weight is 476 g/mol. The molecule has 0 saturated carbocycles. The van der Waals surface area contributed by atoms with Crippen LogP contribution in [0.2, 0.25) is 0 Å². The van der Waals surface area contributed by atoms with Gasteiger partial charge in [-0.1, -0.05) is 78.9 Å². The Balaban J connectivity index is 1.41. The zero-order chi connectivity index (χ0) is 23.6. The van der Waals surface area contributed by atoms with E-state index in [4.69, 9.17) is 4.98 Å². The summed E-state index contributed by atoms with van der Waals surface area (Å²) < 4.78 is 26.2. The number of benzene rings is 3. The zero-order valence-corrected chi connectivity index (χ0v) is 19.5. The molecule has 3 aromatic carbocycles. The second kappa shape index (κ2) is 7.42. The molecule has 0 spiro atoms. The molecule has 6 heteroatoms. The summed E-state index contributed by atoms with van der Waals surface area (Å²) in [4.78, 5) is 9.37. The van der Waals surface area contributed by atoms with Gasteiger partial charge in [-0.25, -0.2) is 13.4 Å². The van der Waals surface area contributed by atoms with Gasteiger partial charge in [-0.15, -0.1) is 0 Å². The lowest BCUT2D eigenvalue weighted by Crippen LogP contribution is -2.25. The number of sulfone groups is 1. The van der Waals surface area contributed by atoms with Crippen molar-refractivity contribution < 1.29 is 8.42 Å². The first-order valence-corrected chi connectivity index (χ1v) is 13.1. The number of hydrogen-bond acceptors (Lipinski definition) is 4. The molecule has 4 aromatic rings. The predicted octanol–water partition coefficient (Wildman–Crippen LogP) is 5.61. The lowest BCUT2D eigenvalue weighted by Gasteiger charge is -2.17. The van der Waals surface area contributed by atoms with Crippen LogP contribution in [0.5, 0.6) is 0 Å². The lowest BCUT2D eigenvalue weighted by atomic mass is 9.91. The molecule has 5 nitrogen and oxygen atoms in total. The Morgan fingerprint density at radius 1 is 0.771 bits per heavy atom. The average Bonchev–Trinajstić information content (AvgIpc) is 3.58. The molecule has 1 aromatic heterocycles. The number of nitrogens with zero attached hydrogens (tertiary/aromatic N) is 1. The molecule has 0 bridgehead atoms. The number of nitrogens with one attached hydrogen (secondary N) is 2. The van der Waals surface area contributed by atoms with Crippen LogP contribution < -0.4 is 5.32 Å². The first-order valence-electron chi connectivity index (χ1n) is 11.6. The van der Waals surface area contributed by atoms with Crippen LogP contribution in [0, 0.1) is 5.92 Å². The van der Waals surface area contributed by atoms with Gasteiger partial charge in [-0.3, -0.25) is 0 Å². The minimum atomic E-state index is -3.51. The van der Waals surface area contributed by atoms with Crippen molar-refractivity contribution in [2.75, 3.05) is 0 Å². The summed E-state index contributed by atoms with van der Waals surface area (Å²) in [7, 11) is -3.51. The van der Waals surface area contributed by atoms with Gasteiger partial charge in [-0.2, -0.15) is 0 Å². The van der Waals surface area contributed by atoms with E-state index in [0.29, 0.717) is 9.79 Å². The maximum absolute atomic E-state index is 13.1. The Morgan fingerprint density at radius 2 is 1.54 bits per heavy atom. The van der Waals surface area contributed by atoms with E-state index < -0.39 is 9.84 Å². The summed E-state index contributed by atoms with van der Waals surface area (Å²) in [5.74, 6) is 1.02. The molecular weight excluding hydrogens is 454 g/mol. The summed E-state index contributed by atoms with van der Waals surface area (Å²) in [5, 5.41) is 3.44. The van der Waals surface area contributed by atoms with Gasteiger partial charge in [-0.05, 0) is 18.2 Å². The van der Waals surface area contributed by atoms with Gasteiger partial charge in [0.25, 0.3) is 0 Å². The summed E-state index contributed by atoms with van der Waals surface area (Å²) in [6.07, 6.45) is 10.5. The number of aromatic nitrogens is 2. The van der Waals surface area contributed by atoms with Gasteiger partial charge >= 0.3 is 0 Å². The number of hydrogen-bond donors (Lipinski definition) is 2. The number of rotatable bonds is 3. The van der Waals surface area contributed by atoms with Crippen molar-refractivity contribution >= 4 is 15.4 Å². The Labute approximate surface area is 203 Å². The van der Waals surface area contributed by atoms with Crippen LogP contribution in [0.1, 0.15) is 5.82 Å². The minimum absolute atomic E-state index is 0.208. The Bertz CT molecular complexity index is 1690. The summed E-state index contributed by atoms with van der Waals surface area (Å²) in [6.45, 7) is 0. The van der Waals surface area contributed by atoms with Crippen molar-refractivity contribution in [2.24, 2.45) is 5.92 Å². The number of imidazole rings is 1. The van der Waals surface area contributed by atoms with Crippen LogP contribution in [0.3, 0.4) is 0 Å².